The number of nitrogens with zero attached hydrogens (tertiary/aromatic N) is 3. The minimum atomic E-state index is -0.583. The van der Waals surface area contributed by atoms with Gasteiger partial charge in [0.25, 0.3) is 11.7 Å². The Morgan fingerprint density at radius 2 is 1.80 bits per heavy atom. The van der Waals surface area contributed by atoms with Crippen LogP contribution in [0.15, 0.2) is 85.0 Å². The van der Waals surface area contributed by atoms with E-state index in [1.165, 1.54) is 12.7 Å². The number of aliphatic hydroxyl groups excluding tert-OH is 1. The van der Waals surface area contributed by atoms with E-state index in [9.17, 15) is 14.7 Å². The number of aromatic nitrogens is 4. The van der Waals surface area contributed by atoms with Crippen LogP contribution in [0.1, 0.15) is 39.9 Å². The van der Waals surface area contributed by atoms with E-state index in [-0.39, 0.29) is 12.2 Å². The standard InChI is InChI=1S/C31H29N5O4/c1-40-25-18-33-30(36-15-12-34-36)28-27(25)24(17-32-28)29(38)31(39)35-13-10-22(11-14-35)26(21-7-3-2-4-8-21)23-9-5-6-20(16-23)19-37/h2-9,12,15-18,32,34,37H,10-11,13-14,19H2,1H3. The Labute approximate surface area is 230 Å². The lowest BCUT2D eigenvalue weighted by atomic mass is 9.87. The predicted octanol–water partition coefficient (Wildman–Crippen LogP) is 4.49. The molecule has 3 aromatic heterocycles. The number of aliphatic hydroxyl groups is 1. The zero-order valence-electron chi connectivity index (χ0n) is 22.1. The van der Waals surface area contributed by atoms with Gasteiger partial charge >= 0.3 is 0 Å². The van der Waals surface area contributed by atoms with Crippen LogP contribution < -0.4 is 4.74 Å². The fourth-order valence-electron chi connectivity index (χ4n) is 5.40. The fourth-order valence-corrected chi connectivity index (χ4v) is 5.40. The molecule has 0 bridgehead atoms. The number of hydrogen-bond acceptors (Lipinski definition) is 5. The summed E-state index contributed by atoms with van der Waals surface area (Å²) in [4.78, 5) is 36.1. The summed E-state index contributed by atoms with van der Waals surface area (Å²) in [6.07, 6.45) is 7.97. The van der Waals surface area contributed by atoms with Gasteiger partial charge in [-0.3, -0.25) is 14.7 Å². The molecule has 1 amide bonds. The van der Waals surface area contributed by atoms with Crippen molar-refractivity contribution in [1.29, 1.82) is 0 Å². The van der Waals surface area contributed by atoms with E-state index >= 15 is 0 Å². The van der Waals surface area contributed by atoms with E-state index in [2.05, 4.69) is 33.3 Å². The molecule has 1 aliphatic rings. The Balaban J connectivity index is 1.28. The molecule has 6 rings (SSSR count). The Kier molecular flexibility index (Phi) is 6.79. The smallest absolute Gasteiger partial charge is 0.295 e. The number of pyridine rings is 1. The van der Waals surface area contributed by atoms with Crippen LogP contribution >= 0.6 is 0 Å². The number of methoxy groups -OCH3 is 1. The van der Waals surface area contributed by atoms with Crippen molar-refractivity contribution < 1.29 is 19.4 Å². The van der Waals surface area contributed by atoms with Crippen molar-refractivity contribution in [2.75, 3.05) is 20.2 Å². The van der Waals surface area contributed by atoms with Crippen molar-refractivity contribution in [1.82, 2.24) is 24.6 Å². The highest BCUT2D eigenvalue weighted by atomic mass is 16.5. The van der Waals surface area contributed by atoms with Gasteiger partial charge in [0.05, 0.1) is 36.4 Å². The first-order valence-electron chi connectivity index (χ1n) is 13.2. The second-order valence-electron chi connectivity index (χ2n) is 9.74. The number of piperidine rings is 1. The van der Waals surface area contributed by atoms with Crippen molar-refractivity contribution in [2.24, 2.45) is 0 Å². The molecule has 1 saturated heterocycles. The van der Waals surface area contributed by atoms with E-state index in [1.807, 2.05) is 42.6 Å². The summed E-state index contributed by atoms with van der Waals surface area (Å²) in [5.41, 5.74) is 6.17. The SMILES string of the molecule is COc1cnc(-n2cc[nH]2)c2[nH]cc(C(=O)C(=O)N3CCC(=C(c4ccccc4)c4cccc(CO)c4)CC3)c12. The number of H-pyrrole nitrogens is 2. The maximum atomic E-state index is 13.5. The van der Waals surface area contributed by atoms with Gasteiger partial charge in [-0.25, -0.2) is 9.67 Å². The first kappa shape index (κ1) is 25.4. The van der Waals surface area contributed by atoms with Gasteiger partial charge in [-0.05, 0) is 41.2 Å². The number of carbonyl (C=O) groups excluding carboxylic acids is 2. The Morgan fingerprint density at radius 3 is 2.48 bits per heavy atom. The molecular weight excluding hydrogens is 506 g/mol. The minimum Gasteiger partial charge on any atom is -0.494 e. The second kappa shape index (κ2) is 10.7. The van der Waals surface area contributed by atoms with E-state index in [0.717, 1.165) is 22.3 Å². The largest absolute Gasteiger partial charge is 0.494 e. The van der Waals surface area contributed by atoms with Gasteiger partial charge in [-0.15, -0.1) is 0 Å². The maximum Gasteiger partial charge on any atom is 0.295 e. The number of ether oxygens (including phenoxy) is 1. The van der Waals surface area contributed by atoms with Gasteiger partial charge in [0.2, 0.25) is 0 Å². The molecule has 0 spiro atoms. The minimum absolute atomic E-state index is 0.0307. The van der Waals surface area contributed by atoms with E-state index in [1.54, 1.807) is 28.2 Å². The molecule has 4 heterocycles. The lowest BCUT2D eigenvalue weighted by Crippen LogP contribution is -2.40. The zero-order chi connectivity index (χ0) is 27.6. The zero-order valence-corrected chi connectivity index (χ0v) is 22.1. The lowest BCUT2D eigenvalue weighted by Gasteiger charge is -2.30. The molecule has 3 N–H and O–H groups in total. The van der Waals surface area contributed by atoms with E-state index in [4.69, 9.17) is 4.74 Å². The molecule has 9 nitrogen and oxygen atoms in total. The number of amides is 1. The maximum absolute atomic E-state index is 13.5. The molecule has 0 saturated carbocycles. The number of ketones is 1. The third kappa shape index (κ3) is 4.50. The molecule has 9 heteroatoms. The van der Waals surface area contributed by atoms with Gasteiger partial charge in [-0.1, -0.05) is 54.1 Å². The molecule has 0 atom stereocenters. The monoisotopic (exact) mass is 535 g/mol. The molecule has 0 aliphatic carbocycles. The van der Waals surface area contributed by atoms with Crippen molar-refractivity contribution in [2.45, 2.75) is 19.4 Å². The highest BCUT2D eigenvalue weighted by Crippen LogP contribution is 2.34. The average molecular weight is 536 g/mol. The molecule has 1 aliphatic heterocycles. The Bertz CT molecular complexity index is 1710. The Morgan fingerprint density at radius 1 is 1.05 bits per heavy atom. The number of aromatic amines is 2. The number of hydrogen-bond donors (Lipinski definition) is 3. The highest BCUT2D eigenvalue weighted by molar-refractivity contribution is 6.45. The van der Waals surface area contributed by atoms with Crippen LogP contribution in [0.2, 0.25) is 0 Å². The summed E-state index contributed by atoms with van der Waals surface area (Å²) in [6.45, 7) is 0.840. The Hall–Kier alpha value is -4.89. The first-order valence-corrected chi connectivity index (χ1v) is 13.2. The number of rotatable bonds is 7. The molecule has 40 heavy (non-hydrogen) atoms. The van der Waals surface area contributed by atoms with Gasteiger partial charge in [0.15, 0.2) is 5.82 Å². The molecule has 202 valence electrons. The third-order valence-electron chi connectivity index (χ3n) is 7.45. The topological polar surface area (TPSA) is 116 Å². The molecular formula is C31H29N5O4. The number of Topliss-reactive ketones (excluding diaryl/α,β-unsaturated/α-hetero) is 1. The van der Waals surface area contributed by atoms with Gasteiger partial charge in [-0.2, -0.15) is 0 Å². The summed E-state index contributed by atoms with van der Waals surface area (Å²) < 4.78 is 7.21. The third-order valence-corrected chi connectivity index (χ3v) is 7.45. The van der Waals surface area contributed by atoms with Crippen LogP contribution in [-0.2, 0) is 11.4 Å². The summed E-state index contributed by atoms with van der Waals surface area (Å²) in [7, 11) is 1.51. The second-order valence-corrected chi connectivity index (χ2v) is 9.74. The van der Waals surface area contributed by atoms with Crippen LogP contribution in [0.4, 0.5) is 0 Å². The van der Waals surface area contributed by atoms with Crippen LogP contribution in [0.5, 0.6) is 5.75 Å². The normalized spacial score (nSPS) is 13.6. The van der Waals surface area contributed by atoms with Crippen LogP contribution in [-0.4, -0.2) is 61.6 Å². The molecule has 2 aromatic carbocycles. The number of carbonyl (C=O) groups is 2. The fraction of sp³-hybridized carbons (Fsp3) is 0.194. The van der Waals surface area contributed by atoms with Gasteiger partial charge < -0.3 is 19.7 Å². The van der Waals surface area contributed by atoms with Crippen molar-refractivity contribution in [3.8, 4) is 11.6 Å². The average Bonchev–Trinajstić information content (AvgIpc) is 3.43. The summed E-state index contributed by atoms with van der Waals surface area (Å²) in [5, 5.41) is 13.2. The lowest BCUT2D eigenvalue weighted by molar-refractivity contribution is -0.126. The molecule has 5 aromatic rings. The van der Waals surface area contributed by atoms with Crippen LogP contribution in [0, 0.1) is 0 Å². The summed E-state index contributed by atoms with van der Waals surface area (Å²) >= 11 is 0. The number of nitrogens with one attached hydrogen (secondary N) is 2. The van der Waals surface area contributed by atoms with Crippen molar-refractivity contribution >= 4 is 28.2 Å². The summed E-state index contributed by atoms with van der Waals surface area (Å²) in [6, 6.07) is 18.1. The molecule has 1 fully saturated rings. The molecule has 0 unspecified atom stereocenters. The van der Waals surface area contributed by atoms with Crippen molar-refractivity contribution in [3.05, 3.63) is 107 Å². The summed E-state index contributed by atoms with van der Waals surface area (Å²) in [5.74, 6) is -0.121. The van der Waals surface area contributed by atoms with Crippen molar-refractivity contribution in [3.63, 3.8) is 0 Å². The van der Waals surface area contributed by atoms with E-state index in [0.29, 0.717) is 48.4 Å². The molecule has 0 radical (unpaired) electrons. The predicted molar refractivity (Wildman–Crippen MR) is 151 cm³/mol. The van der Waals surface area contributed by atoms with Gasteiger partial charge in [0.1, 0.15) is 5.75 Å². The van der Waals surface area contributed by atoms with Crippen LogP contribution in [0.3, 0.4) is 0 Å². The van der Waals surface area contributed by atoms with Crippen LogP contribution in [0.25, 0.3) is 22.3 Å². The van der Waals surface area contributed by atoms with E-state index < -0.39 is 11.7 Å². The first-order chi connectivity index (χ1) is 19.6. The van der Waals surface area contributed by atoms with Gasteiger partial charge in [0, 0.05) is 31.7 Å². The highest BCUT2D eigenvalue weighted by Gasteiger charge is 2.30. The number of likely N-dealkylation sites (tertiary alicyclic amines) is 1. The quantitative estimate of drug-likeness (QED) is 0.210. The number of fused-ring (bicyclic) bond motifs is 1. The number of benzene rings is 2.